The number of rotatable bonds is 8. The molecule has 110 valence electrons. The van der Waals surface area contributed by atoms with Crippen LogP contribution in [0, 0.1) is 0 Å². The van der Waals surface area contributed by atoms with E-state index >= 15 is 0 Å². The summed E-state index contributed by atoms with van der Waals surface area (Å²) in [4.78, 5) is 4.68. The summed E-state index contributed by atoms with van der Waals surface area (Å²) in [6, 6.07) is 6.16. The van der Waals surface area contributed by atoms with Gasteiger partial charge in [0, 0.05) is 18.4 Å². The molecule has 0 aliphatic rings. The van der Waals surface area contributed by atoms with Crippen LogP contribution in [0.3, 0.4) is 0 Å². The smallest absolute Gasteiger partial charge is 0.121 e. The van der Waals surface area contributed by atoms with Crippen molar-refractivity contribution < 1.29 is 4.74 Å². The molecule has 0 radical (unpaired) electrons. The first-order valence-electron chi connectivity index (χ1n) is 7.53. The number of hydrogen-bond donors (Lipinski definition) is 1. The molecule has 0 N–H and O–H groups in total. The summed E-state index contributed by atoms with van der Waals surface area (Å²) >= 11 is 4.41. The number of nitrogens with zero attached hydrogens (tertiary/aromatic N) is 2. The van der Waals surface area contributed by atoms with E-state index < -0.39 is 0 Å². The Hall–Kier alpha value is -1.16. The number of unbranched alkanes of at least 4 members (excludes halogenated alkanes) is 3. The summed E-state index contributed by atoms with van der Waals surface area (Å²) < 4.78 is 7.84. The van der Waals surface area contributed by atoms with Crippen molar-refractivity contribution in [3.05, 3.63) is 24.0 Å². The summed E-state index contributed by atoms with van der Waals surface area (Å²) in [7, 11) is 0. The number of aryl methyl sites for hydroxylation is 1. The van der Waals surface area contributed by atoms with Crippen molar-refractivity contribution in [3.8, 4) is 5.75 Å². The number of aromatic nitrogens is 2. The van der Waals surface area contributed by atoms with Crippen molar-refractivity contribution >= 4 is 23.7 Å². The summed E-state index contributed by atoms with van der Waals surface area (Å²) in [5.74, 6) is 2.61. The molecule has 0 saturated carbocycles. The molecule has 1 aromatic carbocycles. The van der Waals surface area contributed by atoms with E-state index in [2.05, 4.69) is 35.2 Å². The number of imidazole rings is 1. The molecule has 2 aromatic rings. The first-order chi connectivity index (χ1) is 9.80. The van der Waals surface area contributed by atoms with Gasteiger partial charge in [0.15, 0.2) is 0 Å². The molecule has 0 atom stereocenters. The fraction of sp³-hybridized carbons (Fsp3) is 0.562. The van der Waals surface area contributed by atoms with Gasteiger partial charge < -0.3 is 9.30 Å². The molecule has 2 rings (SSSR count). The van der Waals surface area contributed by atoms with Crippen molar-refractivity contribution in [2.45, 2.75) is 51.8 Å². The summed E-state index contributed by atoms with van der Waals surface area (Å²) in [6.07, 6.45) is 5.05. The Morgan fingerprint density at radius 1 is 1.20 bits per heavy atom. The highest BCUT2D eigenvalue weighted by Gasteiger charge is 2.10. The minimum Gasteiger partial charge on any atom is -0.494 e. The minimum atomic E-state index is 0.673. The molecule has 0 saturated heterocycles. The van der Waals surface area contributed by atoms with Gasteiger partial charge >= 0.3 is 0 Å². The maximum atomic E-state index is 5.54. The first kappa shape index (κ1) is 15.2. The van der Waals surface area contributed by atoms with Gasteiger partial charge in [0.2, 0.25) is 0 Å². The van der Waals surface area contributed by atoms with Crippen LogP contribution in [0.25, 0.3) is 11.0 Å². The third kappa shape index (κ3) is 3.48. The van der Waals surface area contributed by atoms with Gasteiger partial charge in [-0.2, -0.15) is 12.6 Å². The third-order valence-electron chi connectivity index (χ3n) is 3.49. The number of ether oxygens (including phenoxy) is 1. The van der Waals surface area contributed by atoms with Gasteiger partial charge in [-0.3, -0.25) is 0 Å². The third-order valence-corrected chi connectivity index (χ3v) is 3.77. The largest absolute Gasteiger partial charge is 0.494 e. The van der Waals surface area contributed by atoms with E-state index in [1.54, 1.807) is 0 Å². The van der Waals surface area contributed by atoms with E-state index in [9.17, 15) is 0 Å². The molecule has 4 heteroatoms. The highest BCUT2D eigenvalue weighted by atomic mass is 32.1. The average molecular weight is 292 g/mol. The number of benzene rings is 1. The summed E-state index contributed by atoms with van der Waals surface area (Å²) in [5.41, 5.74) is 2.20. The Morgan fingerprint density at radius 2 is 2.05 bits per heavy atom. The maximum absolute atomic E-state index is 5.54. The van der Waals surface area contributed by atoms with E-state index in [0.717, 1.165) is 23.6 Å². The van der Waals surface area contributed by atoms with Gasteiger partial charge in [0.1, 0.15) is 11.6 Å². The molecular weight excluding hydrogens is 268 g/mol. The SMILES string of the molecule is CCCCCCn1c(CS)nc2cc(OCC)ccc21. The average Bonchev–Trinajstić information content (AvgIpc) is 2.81. The van der Waals surface area contributed by atoms with Gasteiger partial charge in [-0.1, -0.05) is 26.2 Å². The van der Waals surface area contributed by atoms with Crippen molar-refractivity contribution in [1.29, 1.82) is 0 Å². The second-order valence-corrected chi connectivity index (χ2v) is 5.30. The van der Waals surface area contributed by atoms with Gasteiger partial charge in [0.25, 0.3) is 0 Å². The predicted octanol–water partition coefficient (Wildman–Crippen LogP) is 4.45. The highest BCUT2D eigenvalue weighted by Crippen LogP contribution is 2.23. The summed E-state index contributed by atoms with van der Waals surface area (Å²) in [5, 5.41) is 0. The Morgan fingerprint density at radius 3 is 2.75 bits per heavy atom. The molecular formula is C16H24N2OS. The van der Waals surface area contributed by atoms with Crippen LogP contribution in [-0.2, 0) is 12.3 Å². The lowest BCUT2D eigenvalue weighted by Crippen LogP contribution is -2.02. The molecule has 0 amide bonds. The highest BCUT2D eigenvalue weighted by molar-refractivity contribution is 7.79. The molecule has 0 aliphatic carbocycles. The molecule has 0 bridgehead atoms. The summed E-state index contributed by atoms with van der Waals surface area (Å²) in [6.45, 7) is 5.94. The van der Waals surface area contributed by atoms with Crippen molar-refractivity contribution in [1.82, 2.24) is 9.55 Å². The first-order valence-corrected chi connectivity index (χ1v) is 8.16. The van der Waals surface area contributed by atoms with Crippen LogP contribution >= 0.6 is 12.6 Å². The Balaban J connectivity index is 2.22. The zero-order valence-corrected chi connectivity index (χ0v) is 13.3. The number of thiol groups is 1. The predicted molar refractivity (Wildman–Crippen MR) is 87.7 cm³/mol. The lowest BCUT2D eigenvalue weighted by molar-refractivity contribution is 0.340. The fourth-order valence-corrected chi connectivity index (χ4v) is 2.72. The lowest BCUT2D eigenvalue weighted by atomic mass is 10.2. The van der Waals surface area contributed by atoms with E-state index in [1.165, 1.54) is 31.2 Å². The molecule has 0 fully saturated rings. The van der Waals surface area contributed by atoms with E-state index in [1.807, 2.05) is 19.1 Å². The fourth-order valence-electron chi connectivity index (χ4n) is 2.48. The van der Waals surface area contributed by atoms with Crippen LogP contribution in [-0.4, -0.2) is 16.2 Å². The monoisotopic (exact) mass is 292 g/mol. The van der Waals surface area contributed by atoms with Crippen LogP contribution in [0.1, 0.15) is 45.4 Å². The van der Waals surface area contributed by atoms with Crippen LogP contribution < -0.4 is 4.74 Å². The quantitative estimate of drug-likeness (QED) is 0.575. The molecule has 0 aliphatic heterocycles. The van der Waals surface area contributed by atoms with Crippen LogP contribution in [0.2, 0.25) is 0 Å². The lowest BCUT2D eigenvalue weighted by Gasteiger charge is -2.08. The molecule has 0 spiro atoms. The van der Waals surface area contributed by atoms with Crippen LogP contribution in [0.4, 0.5) is 0 Å². The maximum Gasteiger partial charge on any atom is 0.121 e. The molecule has 1 aromatic heterocycles. The van der Waals surface area contributed by atoms with E-state index in [4.69, 9.17) is 4.74 Å². The normalized spacial score (nSPS) is 11.2. The molecule has 0 unspecified atom stereocenters. The van der Waals surface area contributed by atoms with Crippen molar-refractivity contribution in [3.63, 3.8) is 0 Å². The Labute approximate surface area is 126 Å². The van der Waals surface area contributed by atoms with Gasteiger partial charge in [-0.25, -0.2) is 4.98 Å². The second kappa shape index (κ2) is 7.58. The Kier molecular flexibility index (Phi) is 5.77. The van der Waals surface area contributed by atoms with E-state index in [0.29, 0.717) is 12.4 Å². The standard InChI is InChI=1S/C16H24N2OS/c1-3-5-6-7-10-18-15-9-8-13(19-4-2)11-14(15)17-16(18)12-20/h8-9,11,20H,3-7,10,12H2,1-2H3. The molecule has 20 heavy (non-hydrogen) atoms. The van der Waals surface area contributed by atoms with Crippen molar-refractivity contribution in [2.75, 3.05) is 6.61 Å². The number of fused-ring (bicyclic) bond motifs is 1. The second-order valence-electron chi connectivity index (χ2n) is 4.98. The minimum absolute atomic E-state index is 0.673. The topological polar surface area (TPSA) is 27.1 Å². The van der Waals surface area contributed by atoms with Gasteiger partial charge in [0.05, 0.1) is 17.6 Å². The van der Waals surface area contributed by atoms with E-state index in [-0.39, 0.29) is 0 Å². The molecule has 1 heterocycles. The molecule has 3 nitrogen and oxygen atoms in total. The number of hydrogen-bond acceptors (Lipinski definition) is 3. The van der Waals surface area contributed by atoms with Crippen LogP contribution in [0.5, 0.6) is 5.75 Å². The van der Waals surface area contributed by atoms with Gasteiger partial charge in [-0.15, -0.1) is 0 Å². The van der Waals surface area contributed by atoms with Gasteiger partial charge in [-0.05, 0) is 25.5 Å². The van der Waals surface area contributed by atoms with Crippen molar-refractivity contribution in [2.24, 2.45) is 0 Å². The Bertz CT molecular complexity index is 551. The van der Waals surface area contributed by atoms with Crippen LogP contribution in [0.15, 0.2) is 18.2 Å². The zero-order chi connectivity index (χ0) is 14.4. The zero-order valence-electron chi connectivity index (χ0n) is 12.4.